The first kappa shape index (κ1) is 16.7. The lowest BCUT2D eigenvalue weighted by Crippen LogP contribution is -2.21. The molecule has 1 atom stereocenters. The predicted octanol–water partition coefficient (Wildman–Crippen LogP) is 4.61. The summed E-state index contributed by atoms with van der Waals surface area (Å²) in [5.74, 6) is 0.564. The van der Waals surface area contributed by atoms with Gasteiger partial charge in [0.05, 0.1) is 10.5 Å². The van der Waals surface area contributed by atoms with Gasteiger partial charge in [-0.25, -0.2) is 4.21 Å². The third-order valence-electron chi connectivity index (χ3n) is 2.44. The van der Waals surface area contributed by atoms with Gasteiger partial charge < -0.3 is 0 Å². The van der Waals surface area contributed by atoms with Crippen LogP contribution >= 0.6 is 23.2 Å². The van der Waals surface area contributed by atoms with Crippen LogP contribution in [0.1, 0.15) is 39.2 Å². The van der Waals surface area contributed by atoms with E-state index in [-0.39, 0.29) is 4.75 Å². The number of nitrogens with zero attached hydrogens (tertiary/aromatic N) is 1. The average Bonchev–Trinajstić information content (AvgIpc) is 2.34. The lowest BCUT2D eigenvalue weighted by molar-refractivity contribution is 0.650. The molecule has 1 aromatic rings. The van der Waals surface area contributed by atoms with Crippen molar-refractivity contribution >= 4 is 39.9 Å². The molecule has 0 bridgehead atoms. The van der Waals surface area contributed by atoms with Crippen LogP contribution in [0.5, 0.6) is 0 Å². The van der Waals surface area contributed by atoms with Crippen LogP contribution in [0, 0.1) is 0 Å². The molecule has 19 heavy (non-hydrogen) atoms. The zero-order valence-corrected chi connectivity index (χ0v) is 13.8. The minimum absolute atomic E-state index is 0.362. The number of hydrogen-bond donors (Lipinski definition) is 0. The van der Waals surface area contributed by atoms with Gasteiger partial charge in [-0.3, -0.25) is 0 Å². The fourth-order valence-electron chi connectivity index (χ4n) is 1.36. The Morgan fingerprint density at radius 2 is 1.84 bits per heavy atom. The fraction of sp³-hybridized carbons (Fsp3) is 0.500. The van der Waals surface area contributed by atoms with E-state index >= 15 is 0 Å². The molecule has 0 fully saturated rings. The standard InChI is InChI=1S/C14H19Cl2NOS/c1-14(2,3)19(18)17-13(5-4-10-15)11-6-8-12(16)9-7-11/h6-9H,4-5,10H2,1-3H3/b17-13-/t19-/m1/s1. The highest BCUT2D eigenvalue weighted by Gasteiger charge is 2.20. The third-order valence-corrected chi connectivity index (χ3v) is 4.39. The molecule has 0 aliphatic rings. The molecule has 0 radical (unpaired) electrons. The van der Waals surface area contributed by atoms with E-state index in [0.29, 0.717) is 17.3 Å². The van der Waals surface area contributed by atoms with Crippen LogP contribution < -0.4 is 0 Å². The van der Waals surface area contributed by atoms with Crippen molar-refractivity contribution < 1.29 is 4.21 Å². The number of hydrogen-bond acceptors (Lipinski definition) is 1. The fourth-order valence-corrected chi connectivity index (χ4v) is 2.29. The van der Waals surface area contributed by atoms with E-state index in [1.807, 2.05) is 45.0 Å². The molecule has 0 aromatic heterocycles. The zero-order valence-electron chi connectivity index (χ0n) is 11.5. The van der Waals surface area contributed by atoms with Crippen LogP contribution in [-0.2, 0) is 11.0 Å². The van der Waals surface area contributed by atoms with Gasteiger partial charge in [-0.1, -0.05) is 23.7 Å². The summed E-state index contributed by atoms with van der Waals surface area (Å²) in [6.07, 6.45) is 1.53. The van der Waals surface area contributed by atoms with Crippen molar-refractivity contribution in [2.75, 3.05) is 5.88 Å². The molecule has 1 rings (SSSR count). The van der Waals surface area contributed by atoms with Gasteiger partial charge in [-0.15, -0.1) is 11.6 Å². The van der Waals surface area contributed by atoms with Crippen molar-refractivity contribution in [1.29, 1.82) is 0 Å². The van der Waals surface area contributed by atoms with Crippen LogP contribution in [0.2, 0.25) is 5.02 Å². The first-order valence-corrected chi connectivity index (χ1v) is 8.18. The van der Waals surface area contributed by atoms with E-state index in [4.69, 9.17) is 23.2 Å². The molecule has 0 amide bonds. The average molecular weight is 320 g/mol. The molecule has 0 spiro atoms. The third kappa shape index (κ3) is 5.64. The first-order chi connectivity index (χ1) is 8.84. The largest absolute Gasteiger partial charge is 0.234 e. The van der Waals surface area contributed by atoms with Crippen molar-refractivity contribution in [1.82, 2.24) is 0 Å². The second kappa shape index (κ2) is 7.41. The summed E-state index contributed by atoms with van der Waals surface area (Å²) in [7, 11) is -1.26. The van der Waals surface area contributed by atoms with Gasteiger partial charge >= 0.3 is 0 Å². The van der Waals surface area contributed by atoms with Crippen molar-refractivity contribution in [3.8, 4) is 0 Å². The summed E-state index contributed by atoms with van der Waals surface area (Å²) in [6, 6.07) is 7.42. The molecule has 1 aromatic carbocycles. The summed E-state index contributed by atoms with van der Waals surface area (Å²) in [5.41, 5.74) is 1.78. The van der Waals surface area contributed by atoms with E-state index in [2.05, 4.69) is 4.40 Å². The van der Waals surface area contributed by atoms with E-state index in [0.717, 1.165) is 17.7 Å². The molecule has 0 saturated heterocycles. The molecular formula is C14H19Cl2NOS. The molecular weight excluding hydrogens is 301 g/mol. The molecule has 106 valence electrons. The molecule has 2 nitrogen and oxygen atoms in total. The quantitative estimate of drug-likeness (QED) is 0.575. The zero-order chi connectivity index (χ0) is 14.5. The monoisotopic (exact) mass is 319 g/mol. The van der Waals surface area contributed by atoms with Gasteiger partial charge in [0, 0.05) is 10.9 Å². The lowest BCUT2D eigenvalue weighted by Gasteiger charge is -2.15. The molecule has 0 unspecified atom stereocenters. The Hall–Kier alpha value is -0.380. The Morgan fingerprint density at radius 1 is 1.26 bits per heavy atom. The Bertz CT molecular complexity index is 463. The van der Waals surface area contributed by atoms with Crippen molar-refractivity contribution in [3.05, 3.63) is 34.9 Å². The van der Waals surface area contributed by atoms with Crippen LogP contribution in [0.15, 0.2) is 28.7 Å². The summed E-state index contributed by atoms with van der Waals surface area (Å²) in [4.78, 5) is 0. The van der Waals surface area contributed by atoms with Gasteiger partial charge in [0.2, 0.25) is 0 Å². The van der Waals surface area contributed by atoms with Gasteiger partial charge in [-0.05, 0) is 51.3 Å². The molecule has 0 aliphatic carbocycles. The normalized spacial score (nSPS) is 14.5. The number of alkyl halides is 1. The molecule has 0 aliphatic heterocycles. The summed E-state index contributed by atoms with van der Waals surface area (Å²) >= 11 is 11.6. The topological polar surface area (TPSA) is 29.4 Å². The van der Waals surface area contributed by atoms with Gasteiger partial charge in [0.15, 0.2) is 0 Å². The minimum Gasteiger partial charge on any atom is -0.234 e. The minimum atomic E-state index is -1.26. The first-order valence-electron chi connectivity index (χ1n) is 6.16. The van der Waals surface area contributed by atoms with Gasteiger partial charge in [-0.2, -0.15) is 4.40 Å². The maximum Gasteiger partial charge on any atom is 0.145 e. The van der Waals surface area contributed by atoms with Crippen LogP contribution in [0.25, 0.3) is 0 Å². The second-order valence-corrected chi connectivity index (χ2v) is 7.92. The Labute approximate surface area is 127 Å². The Morgan fingerprint density at radius 3 is 2.32 bits per heavy atom. The van der Waals surface area contributed by atoms with Gasteiger partial charge in [0.1, 0.15) is 11.0 Å². The van der Waals surface area contributed by atoms with Crippen molar-refractivity contribution in [3.63, 3.8) is 0 Å². The molecule has 0 saturated carbocycles. The maximum atomic E-state index is 12.1. The van der Waals surface area contributed by atoms with Crippen molar-refractivity contribution in [2.24, 2.45) is 4.40 Å². The maximum absolute atomic E-state index is 12.1. The number of halogens is 2. The van der Waals surface area contributed by atoms with Crippen molar-refractivity contribution in [2.45, 2.75) is 38.4 Å². The van der Waals surface area contributed by atoms with Crippen LogP contribution in [0.3, 0.4) is 0 Å². The van der Waals surface area contributed by atoms with E-state index in [9.17, 15) is 4.21 Å². The summed E-state index contributed by atoms with van der Waals surface area (Å²) < 4.78 is 16.2. The predicted molar refractivity (Wildman–Crippen MR) is 85.8 cm³/mol. The lowest BCUT2D eigenvalue weighted by atomic mass is 10.1. The molecule has 0 heterocycles. The van der Waals surface area contributed by atoms with Gasteiger partial charge in [0.25, 0.3) is 0 Å². The van der Waals surface area contributed by atoms with Crippen LogP contribution in [-0.4, -0.2) is 20.5 Å². The van der Waals surface area contributed by atoms with Crippen LogP contribution in [0.4, 0.5) is 0 Å². The second-order valence-electron chi connectivity index (χ2n) is 5.20. The smallest absolute Gasteiger partial charge is 0.145 e. The highest BCUT2D eigenvalue weighted by atomic mass is 35.5. The summed E-state index contributed by atoms with van der Waals surface area (Å²) in [5, 5.41) is 0.678. The number of rotatable bonds is 5. The Kier molecular flexibility index (Phi) is 6.51. The van der Waals surface area contributed by atoms with E-state index < -0.39 is 11.0 Å². The van der Waals surface area contributed by atoms with E-state index in [1.54, 1.807) is 0 Å². The SMILES string of the molecule is CC(C)(C)[S@@](=O)/N=C(/CCCCl)c1ccc(Cl)cc1. The molecule has 5 heteroatoms. The van der Waals surface area contributed by atoms with E-state index in [1.165, 1.54) is 0 Å². The number of benzene rings is 1. The highest BCUT2D eigenvalue weighted by molar-refractivity contribution is 7.85. The Balaban J connectivity index is 3.04. The molecule has 0 N–H and O–H groups in total. The summed E-state index contributed by atoms with van der Waals surface area (Å²) in [6.45, 7) is 5.73. The highest BCUT2D eigenvalue weighted by Crippen LogP contribution is 2.17.